The predicted molar refractivity (Wildman–Crippen MR) is 91.0 cm³/mol. The lowest BCUT2D eigenvalue weighted by atomic mass is 10.0. The van der Waals surface area contributed by atoms with E-state index in [1.807, 2.05) is 29.6 Å². The molecule has 3 N–H and O–H groups in total. The van der Waals surface area contributed by atoms with E-state index in [4.69, 9.17) is 10.6 Å². The fourth-order valence-corrected chi connectivity index (χ4v) is 3.31. The number of fused-ring (bicyclic) bond motifs is 1. The highest BCUT2D eigenvalue weighted by atomic mass is 32.1. The second-order valence-corrected chi connectivity index (χ2v) is 5.66. The van der Waals surface area contributed by atoms with Crippen molar-refractivity contribution in [2.45, 2.75) is 6.92 Å². The topological polar surface area (TPSA) is 64.3 Å². The number of carbonyl (C=O) groups is 1. The van der Waals surface area contributed by atoms with Gasteiger partial charge in [-0.3, -0.25) is 0 Å². The SMILES string of the molecule is CCOC(=O)c1c(-c2ccc3ccccc3c2)csc1NN. The Morgan fingerprint density at radius 2 is 2.00 bits per heavy atom. The van der Waals surface area contributed by atoms with Gasteiger partial charge in [0.2, 0.25) is 0 Å². The highest BCUT2D eigenvalue weighted by Crippen LogP contribution is 2.36. The molecule has 0 unspecified atom stereocenters. The van der Waals surface area contributed by atoms with Crippen LogP contribution >= 0.6 is 11.3 Å². The van der Waals surface area contributed by atoms with E-state index in [9.17, 15) is 4.79 Å². The molecule has 0 aliphatic heterocycles. The molecule has 0 bridgehead atoms. The quantitative estimate of drug-likeness (QED) is 0.434. The number of benzene rings is 2. The number of nitrogen functional groups attached to an aromatic ring is 1. The van der Waals surface area contributed by atoms with Crippen LogP contribution in [0.2, 0.25) is 0 Å². The molecule has 4 nitrogen and oxygen atoms in total. The summed E-state index contributed by atoms with van der Waals surface area (Å²) in [5, 5.41) is 4.83. The van der Waals surface area contributed by atoms with Crippen molar-refractivity contribution in [2.75, 3.05) is 12.0 Å². The zero-order valence-electron chi connectivity index (χ0n) is 12.1. The Labute approximate surface area is 132 Å². The number of carbonyl (C=O) groups excluding carboxylic acids is 1. The number of hydrogen-bond donors (Lipinski definition) is 2. The van der Waals surface area contributed by atoms with Crippen LogP contribution in [0.1, 0.15) is 17.3 Å². The summed E-state index contributed by atoms with van der Waals surface area (Å²) in [6.07, 6.45) is 0. The molecular formula is C17H16N2O2S. The van der Waals surface area contributed by atoms with E-state index >= 15 is 0 Å². The minimum atomic E-state index is -0.361. The van der Waals surface area contributed by atoms with E-state index in [0.29, 0.717) is 17.2 Å². The predicted octanol–water partition coefficient (Wildman–Crippen LogP) is 4.03. The van der Waals surface area contributed by atoms with Crippen LogP contribution < -0.4 is 11.3 Å². The lowest BCUT2D eigenvalue weighted by molar-refractivity contribution is 0.0529. The summed E-state index contributed by atoms with van der Waals surface area (Å²) < 4.78 is 5.15. The average molecular weight is 312 g/mol. The van der Waals surface area contributed by atoms with Crippen LogP contribution in [0.15, 0.2) is 47.8 Å². The van der Waals surface area contributed by atoms with Crippen LogP contribution in [0.5, 0.6) is 0 Å². The Morgan fingerprint density at radius 1 is 1.23 bits per heavy atom. The highest BCUT2D eigenvalue weighted by molar-refractivity contribution is 7.15. The fourth-order valence-electron chi connectivity index (χ4n) is 2.44. The van der Waals surface area contributed by atoms with Crippen LogP contribution in [0.3, 0.4) is 0 Å². The van der Waals surface area contributed by atoms with Gasteiger partial charge in [0.25, 0.3) is 0 Å². The molecule has 0 aliphatic rings. The number of rotatable bonds is 4. The van der Waals surface area contributed by atoms with Crippen LogP contribution in [-0.2, 0) is 4.74 Å². The van der Waals surface area contributed by atoms with Crippen molar-refractivity contribution >= 4 is 33.1 Å². The van der Waals surface area contributed by atoms with Gasteiger partial charge >= 0.3 is 5.97 Å². The van der Waals surface area contributed by atoms with E-state index < -0.39 is 0 Å². The van der Waals surface area contributed by atoms with Crippen molar-refractivity contribution in [3.05, 3.63) is 53.4 Å². The molecule has 0 radical (unpaired) electrons. The number of thiophene rings is 1. The third-order valence-corrected chi connectivity index (χ3v) is 4.37. The fraction of sp³-hybridized carbons (Fsp3) is 0.118. The number of hydrazine groups is 1. The van der Waals surface area contributed by atoms with Crippen molar-refractivity contribution in [3.63, 3.8) is 0 Å². The Bertz CT molecular complexity index is 826. The summed E-state index contributed by atoms with van der Waals surface area (Å²) in [5.41, 5.74) is 4.88. The van der Waals surface area contributed by atoms with Gasteiger partial charge in [-0.1, -0.05) is 36.4 Å². The largest absolute Gasteiger partial charge is 0.462 e. The van der Waals surface area contributed by atoms with Crippen molar-refractivity contribution in [3.8, 4) is 11.1 Å². The van der Waals surface area contributed by atoms with Crippen molar-refractivity contribution in [2.24, 2.45) is 5.84 Å². The van der Waals surface area contributed by atoms with Crippen LogP contribution in [0.25, 0.3) is 21.9 Å². The van der Waals surface area contributed by atoms with Gasteiger partial charge in [-0.05, 0) is 29.3 Å². The second-order valence-electron chi connectivity index (χ2n) is 4.78. The molecule has 0 aliphatic carbocycles. The molecule has 3 aromatic rings. The number of hydrogen-bond acceptors (Lipinski definition) is 5. The van der Waals surface area contributed by atoms with E-state index in [-0.39, 0.29) is 5.97 Å². The molecule has 0 amide bonds. The third-order valence-electron chi connectivity index (χ3n) is 3.46. The number of anilines is 1. The summed E-state index contributed by atoms with van der Waals surface area (Å²) in [6, 6.07) is 14.2. The molecule has 0 saturated heterocycles. The lowest BCUT2D eigenvalue weighted by Crippen LogP contribution is -2.12. The molecule has 0 fully saturated rings. The third kappa shape index (κ3) is 2.56. The Balaban J connectivity index is 2.13. The molecule has 0 saturated carbocycles. The summed E-state index contributed by atoms with van der Waals surface area (Å²) in [5.74, 6) is 5.16. The van der Waals surface area contributed by atoms with Gasteiger partial charge in [-0.15, -0.1) is 11.3 Å². The van der Waals surface area contributed by atoms with Crippen LogP contribution in [0, 0.1) is 0 Å². The summed E-state index contributed by atoms with van der Waals surface area (Å²) in [7, 11) is 0. The van der Waals surface area contributed by atoms with E-state index in [1.165, 1.54) is 11.3 Å². The van der Waals surface area contributed by atoms with Gasteiger partial charge in [0.05, 0.1) is 6.61 Å². The summed E-state index contributed by atoms with van der Waals surface area (Å²) in [6.45, 7) is 2.12. The maximum Gasteiger partial charge on any atom is 0.341 e. The van der Waals surface area contributed by atoms with E-state index in [2.05, 4.69) is 23.6 Å². The standard InChI is InChI=1S/C17H16N2O2S/c1-2-21-17(20)15-14(10-22-16(15)19-18)13-8-7-11-5-3-4-6-12(11)9-13/h3-10,19H,2,18H2,1H3. The van der Waals surface area contributed by atoms with E-state index in [1.54, 1.807) is 6.92 Å². The monoisotopic (exact) mass is 312 g/mol. The normalized spacial score (nSPS) is 10.6. The Morgan fingerprint density at radius 3 is 2.73 bits per heavy atom. The van der Waals surface area contributed by atoms with Gasteiger partial charge in [0.15, 0.2) is 0 Å². The first-order valence-corrected chi connectivity index (χ1v) is 7.87. The minimum absolute atomic E-state index is 0.329. The zero-order valence-corrected chi connectivity index (χ0v) is 12.9. The molecule has 5 heteroatoms. The zero-order chi connectivity index (χ0) is 15.5. The molecule has 3 rings (SSSR count). The van der Waals surface area contributed by atoms with Gasteiger partial charge in [-0.25, -0.2) is 10.6 Å². The molecular weight excluding hydrogens is 296 g/mol. The van der Waals surface area contributed by atoms with Crippen LogP contribution in [-0.4, -0.2) is 12.6 Å². The molecule has 1 heterocycles. The van der Waals surface area contributed by atoms with E-state index in [0.717, 1.165) is 21.9 Å². The summed E-state index contributed by atoms with van der Waals surface area (Å²) in [4.78, 5) is 12.2. The van der Waals surface area contributed by atoms with Gasteiger partial charge in [0.1, 0.15) is 10.6 Å². The number of nitrogens with one attached hydrogen (secondary N) is 1. The van der Waals surface area contributed by atoms with Gasteiger partial charge < -0.3 is 10.2 Å². The van der Waals surface area contributed by atoms with Crippen molar-refractivity contribution in [1.82, 2.24) is 0 Å². The maximum absolute atomic E-state index is 12.2. The molecule has 112 valence electrons. The maximum atomic E-state index is 12.2. The number of ether oxygens (including phenoxy) is 1. The molecule has 22 heavy (non-hydrogen) atoms. The molecule has 2 aromatic carbocycles. The van der Waals surface area contributed by atoms with Gasteiger partial charge in [0, 0.05) is 10.9 Å². The number of nitrogens with two attached hydrogens (primary N) is 1. The molecule has 0 atom stereocenters. The van der Waals surface area contributed by atoms with Gasteiger partial charge in [-0.2, -0.15) is 0 Å². The smallest absolute Gasteiger partial charge is 0.341 e. The van der Waals surface area contributed by atoms with Crippen LogP contribution in [0.4, 0.5) is 5.00 Å². The van der Waals surface area contributed by atoms with Crippen molar-refractivity contribution in [1.29, 1.82) is 0 Å². The molecule has 1 aromatic heterocycles. The summed E-state index contributed by atoms with van der Waals surface area (Å²) >= 11 is 1.39. The molecule has 0 spiro atoms. The first-order valence-electron chi connectivity index (χ1n) is 6.99. The number of esters is 1. The second kappa shape index (κ2) is 6.17. The average Bonchev–Trinajstić information content (AvgIpc) is 2.98. The first kappa shape index (κ1) is 14.6. The lowest BCUT2D eigenvalue weighted by Gasteiger charge is -2.08. The highest BCUT2D eigenvalue weighted by Gasteiger charge is 2.21. The van der Waals surface area contributed by atoms with Crippen molar-refractivity contribution < 1.29 is 9.53 Å². The Kier molecular flexibility index (Phi) is 4.09. The Hall–Kier alpha value is -2.37. The minimum Gasteiger partial charge on any atom is -0.462 e. The first-order chi connectivity index (χ1) is 10.7.